The van der Waals surface area contributed by atoms with Crippen LogP contribution in [0.2, 0.25) is 5.02 Å². The quantitative estimate of drug-likeness (QED) is 0.784. The van der Waals surface area contributed by atoms with E-state index in [1.165, 1.54) is 12.4 Å². The van der Waals surface area contributed by atoms with Gasteiger partial charge in [-0.3, -0.25) is 9.78 Å². The fourth-order valence-electron chi connectivity index (χ4n) is 3.78. The van der Waals surface area contributed by atoms with Crippen LogP contribution < -0.4 is 0 Å². The fraction of sp³-hybridized carbons (Fsp3) is 0.632. The number of hydrogen-bond acceptors (Lipinski definition) is 4. The number of hydrogen-bond donors (Lipinski definition) is 0. The van der Waals surface area contributed by atoms with Crippen LogP contribution in [0.15, 0.2) is 18.5 Å². The van der Waals surface area contributed by atoms with Crippen LogP contribution in [0.25, 0.3) is 0 Å². The van der Waals surface area contributed by atoms with Gasteiger partial charge in [0.05, 0.1) is 17.1 Å². The van der Waals surface area contributed by atoms with Gasteiger partial charge in [-0.2, -0.15) is 0 Å². The van der Waals surface area contributed by atoms with E-state index in [1.54, 1.807) is 11.0 Å². The van der Waals surface area contributed by atoms with Gasteiger partial charge < -0.3 is 14.5 Å². The van der Waals surface area contributed by atoms with Crippen molar-refractivity contribution in [1.29, 1.82) is 0 Å². The van der Waals surface area contributed by atoms with Crippen LogP contribution in [-0.4, -0.2) is 58.6 Å². The SMILES string of the molecule is CCC(CC)CN1CC2(CCN(C(=O)c3cncc(Cl)c3)CC2)OC1=O. The molecule has 2 amide bonds. The van der Waals surface area contributed by atoms with Gasteiger partial charge in [0.2, 0.25) is 0 Å². The molecule has 7 heteroatoms. The van der Waals surface area contributed by atoms with Gasteiger partial charge in [0.25, 0.3) is 5.91 Å². The van der Waals surface area contributed by atoms with Crippen LogP contribution in [0.5, 0.6) is 0 Å². The lowest BCUT2D eigenvalue weighted by molar-refractivity contribution is 0.00311. The van der Waals surface area contributed by atoms with Crippen molar-refractivity contribution >= 4 is 23.6 Å². The number of ether oxygens (including phenoxy) is 1. The molecule has 1 aromatic heterocycles. The van der Waals surface area contributed by atoms with Gasteiger partial charge in [-0.15, -0.1) is 0 Å². The average molecular weight is 380 g/mol. The number of pyridine rings is 1. The van der Waals surface area contributed by atoms with E-state index in [1.807, 2.05) is 4.90 Å². The number of aromatic nitrogens is 1. The van der Waals surface area contributed by atoms with Crippen LogP contribution in [0.3, 0.4) is 0 Å². The van der Waals surface area contributed by atoms with Crippen molar-refractivity contribution in [3.05, 3.63) is 29.0 Å². The Kier molecular flexibility index (Phi) is 5.70. The van der Waals surface area contributed by atoms with Gasteiger partial charge in [0.15, 0.2) is 0 Å². The highest BCUT2D eigenvalue weighted by molar-refractivity contribution is 6.30. The third kappa shape index (κ3) is 3.95. The molecule has 2 fully saturated rings. The molecule has 26 heavy (non-hydrogen) atoms. The predicted octanol–water partition coefficient (Wildman–Crippen LogP) is 3.60. The van der Waals surface area contributed by atoms with Crippen molar-refractivity contribution in [3.63, 3.8) is 0 Å². The molecule has 1 aromatic rings. The molecule has 0 atom stereocenters. The van der Waals surface area contributed by atoms with E-state index in [2.05, 4.69) is 18.8 Å². The molecule has 2 aliphatic heterocycles. The molecule has 0 saturated carbocycles. The van der Waals surface area contributed by atoms with Crippen molar-refractivity contribution in [1.82, 2.24) is 14.8 Å². The zero-order valence-electron chi connectivity index (χ0n) is 15.4. The Balaban J connectivity index is 1.59. The Bertz CT molecular complexity index is 670. The summed E-state index contributed by atoms with van der Waals surface area (Å²) in [4.78, 5) is 32.5. The molecule has 0 radical (unpaired) electrons. The maximum Gasteiger partial charge on any atom is 0.410 e. The smallest absolute Gasteiger partial charge is 0.410 e. The highest BCUT2D eigenvalue weighted by atomic mass is 35.5. The lowest BCUT2D eigenvalue weighted by Gasteiger charge is -2.37. The maximum absolute atomic E-state index is 12.6. The first-order valence-electron chi connectivity index (χ1n) is 9.34. The van der Waals surface area contributed by atoms with E-state index in [-0.39, 0.29) is 12.0 Å². The summed E-state index contributed by atoms with van der Waals surface area (Å²) in [7, 11) is 0. The van der Waals surface area contributed by atoms with Gasteiger partial charge in [-0.25, -0.2) is 4.79 Å². The summed E-state index contributed by atoms with van der Waals surface area (Å²) in [5.74, 6) is 0.433. The van der Waals surface area contributed by atoms with Gasteiger partial charge in [0, 0.05) is 44.9 Å². The highest BCUT2D eigenvalue weighted by Gasteiger charge is 2.47. The molecule has 0 unspecified atom stereocenters. The second kappa shape index (κ2) is 7.82. The highest BCUT2D eigenvalue weighted by Crippen LogP contribution is 2.34. The number of piperidine rings is 1. The Morgan fingerprint density at radius 3 is 2.62 bits per heavy atom. The molecule has 6 nitrogen and oxygen atoms in total. The second-order valence-electron chi connectivity index (χ2n) is 7.30. The maximum atomic E-state index is 12.6. The molecule has 0 bridgehead atoms. The third-order valence-corrected chi connectivity index (χ3v) is 5.79. The largest absolute Gasteiger partial charge is 0.441 e. The summed E-state index contributed by atoms with van der Waals surface area (Å²) >= 11 is 5.93. The second-order valence-corrected chi connectivity index (χ2v) is 7.73. The molecule has 3 heterocycles. The predicted molar refractivity (Wildman–Crippen MR) is 99.2 cm³/mol. The van der Waals surface area contributed by atoms with Crippen molar-refractivity contribution in [2.75, 3.05) is 26.2 Å². The van der Waals surface area contributed by atoms with Crippen LogP contribution in [0, 0.1) is 5.92 Å². The number of halogens is 1. The normalized spacial score (nSPS) is 19.3. The van der Waals surface area contributed by atoms with E-state index in [0.717, 1.165) is 19.4 Å². The summed E-state index contributed by atoms with van der Waals surface area (Å²) < 4.78 is 5.76. The molecule has 3 rings (SSSR count). The number of carbonyl (C=O) groups is 2. The fourth-order valence-corrected chi connectivity index (χ4v) is 3.95. The van der Waals surface area contributed by atoms with Crippen LogP contribution in [-0.2, 0) is 4.74 Å². The molecule has 2 aliphatic rings. The zero-order chi connectivity index (χ0) is 18.7. The minimum Gasteiger partial charge on any atom is -0.441 e. The minimum atomic E-state index is -0.452. The first-order chi connectivity index (χ1) is 12.5. The zero-order valence-corrected chi connectivity index (χ0v) is 16.2. The van der Waals surface area contributed by atoms with Crippen molar-refractivity contribution in [2.45, 2.75) is 45.1 Å². The van der Waals surface area contributed by atoms with Crippen LogP contribution in [0.1, 0.15) is 49.9 Å². The standard InChI is InChI=1S/C19H26ClN3O3/c1-3-14(4-2)12-23-13-19(26-18(23)25)5-7-22(8-6-19)17(24)15-9-16(20)11-21-10-15/h9-11,14H,3-8,12-13H2,1-2H3. The Hall–Kier alpha value is -1.82. The van der Waals surface area contributed by atoms with Crippen molar-refractivity contribution in [3.8, 4) is 0 Å². The van der Waals surface area contributed by atoms with Gasteiger partial charge in [0.1, 0.15) is 5.60 Å². The Labute approximate surface area is 159 Å². The molecule has 0 aromatic carbocycles. The van der Waals surface area contributed by atoms with Crippen LogP contribution in [0.4, 0.5) is 4.79 Å². The average Bonchev–Trinajstić information content (AvgIpc) is 2.94. The number of nitrogens with zero attached hydrogens (tertiary/aromatic N) is 3. The number of likely N-dealkylation sites (tertiary alicyclic amines) is 1. The first kappa shape index (κ1) is 19.0. The summed E-state index contributed by atoms with van der Waals surface area (Å²) in [6.07, 6.45) is 6.28. The van der Waals surface area contributed by atoms with E-state index >= 15 is 0 Å². The molecular formula is C19H26ClN3O3. The van der Waals surface area contributed by atoms with Gasteiger partial charge >= 0.3 is 6.09 Å². The molecule has 1 spiro atoms. The topological polar surface area (TPSA) is 62.7 Å². The van der Waals surface area contributed by atoms with E-state index in [0.29, 0.717) is 49.0 Å². The van der Waals surface area contributed by atoms with Crippen molar-refractivity contribution in [2.24, 2.45) is 5.92 Å². The molecular weight excluding hydrogens is 354 g/mol. The first-order valence-corrected chi connectivity index (χ1v) is 9.72. The minimum absolute atomic E-state index is 0.0759. The summed E-state index contributed by atoms with van der Waals surface area (Å²) in [5.41, 5.74) is 0.0409. The molecule has 0 N–H and O–H groups in total. The number of amides is 2. The van der Waals surface area contributed by atoms with Crippen molar-refractivity contribution < 1.29 is 14.3 Å². The summed E-state index contributed by atoms with van der Waals surface area (Å²) in [6, 6.07) is 1.63. The van der Waals surface area contributed by atoms with Gasteiger partial charge in [-0.1, -0.05) is 38.3 Å². The van der Waals surface area contributed by atoms with E-state index in [4.69, 9.17) is 16.3 Å². The van der Waals surface area contributed by atoms with E-state index < -0.39 is 5.60 Å². The summed E-state index contributed by atoms with van der Waals surface area (Å²) in [5, 5.41) is 0.450. The van der Waals surface area contributed by atoms with E-state index in [9.17, 15) is 9.59 Å². The lowest BCUT2D eigenvalue weighted by Crippen LogP contribution is -2.49. The Morgan fingerprint density at radius 2 is 2.00 bits per heavy atom. The third-order valence-electron chi connectivity index (χ3n) is 5.59. The molecule has 0 aliphatic carbocycles. The molecule has 2 saturated heterocycles. The monoisotopic (exact) mass is 379 g/mol. The molecule has 142 valence electrons. The number of carbonyl (C=O) groups excluding carboxylic acids is 2. The summed E-state index contributed by atoms with van der Waals surface area (Å²) in [6.45, 7) is 6.82. The number of rotatable bonds is 5. The van der Waals surface area contributed by atoms with Gasteiger partial charge in [-0.05, 0) is 12.0 Å². The van der Waals surface area contributed by atoms with Crippen LogP contribution >= 0.6 is 11.6 Å². The lowest BCUT2D eigenvalue weighted by atomic mass is 9.90. The Morgan fingerprint density at radius 1 is 1.31 bits per heavy atom.